The van der Waals surface area contributed by atoms with Crippen LogP contribution >= 0.6 is 24.8 Å². The molecule has 0 atom stereocenters. The maximum atomic E-state index is 12.1. The second-order valence-electron chi connectivity index (χ2n) is 4.87. The molecule has 0 spiro atoms. The third kappa shape index (κ3) is 5.06. The van der Waals surface area contributed by atoms with Gasteiger partial charge in [0.2, 0.25) is 0 Å². The zero-order chi connectivity index (χ0) is 14.5. The predicted octanol–water partition coefficient (Wildman–Crippen LogP) is 1.76. The Labute approximate surface area is 147 Å². The van der Waals surface area contributed by atoms with Crippen LogP contribution in [0.2, 0.25) is 0 Å². The van der Waals surface area contributed by atoms with Crippen molar-refractivity contribution in [1.29, 1.82) is 0 Å². The smallest absolute Gasteiger partial charge is 0.253 e. The molecule has 0 aliphatic carbocycles. The van der Waals surface area contributed by atoms with Gasteiger partial charge in [0.25, 0.3) is 5.91 Å². The Morgan fingerprint density at radius 2 is 2.22 bits per heavy atom. The number of imidazole rings is 1. The molecule has 0 unspecified atom stereocenters. The van der Waals surface area contributed by atoms with Gasteiger partial charge in [-0.15, -0.1) is 24.8 Å². The zero-order valence-corrected chi connectivity index (χ0v) is 14.1. The number of pyridine rings is 1. The largest absolute Gasteiger partial charge is 0.348 e. The molecular formula is C15H19Cl2N5O. The number of nitrogens with one attached hydrogen (secondary N) is 2. The maximum absolute atomic E-state index is 12.1. The lowest BCUT2D eigenvalue weighted by atomic mass is 10.1. The molecule has 124 valence electrons. The van der Waals surface area contributed by atoms with Crippen molar-refractivity contribution in [3.63, 3.8) is 0 Å². The second kappa shape index (κ2) is 9.29. The van der Waals surface area contributed by atoms with E-state index in [1.807, 2.05) is 6.20 Å². The molecule has 3 rings (SSSR count). The molecule has 1 aliphatic heterocycles. The summed E-state index contributed by atoms with van der Waals surface area (Å²) in [7, 11) is 0. The Morgan fingerprint density at radius 1 is 1.35 bits per heavy atom. The number of carbonyl (C=O) groups is 1. The van der Waals surface area contributed by atoms with Crippen molar-refractivity contribution in [2.75, 3.05) is 19.6 Å². The quantitative estimate of drug-likeness (QED) is 0.819. The van der Waals surface area contributed by atoms with E-state index in [9.17, 15) is 4.79 Å². The van der Waals surface area contributed by atoms with Gasteiger partial charge in [-0.25, -0.2) is 9.97 Å². The second-order valence-corrected chi connectivity index (χ2v) is 4.87. The summed E-state index contributed by atoms with van der Waals surface area (Å²) in [6.07, 6.45) is 9.87. The fraction of sp³-hybridized carbons (Fsp3) is 0.267. The predicted molar refractivity (Wildman–Crippen MR) is 93.8 cm³/mol. The highest BCUT2D eigenvalue weighted by Gasteiger charge is 2.08. The van der Waals surface area contributed by atoms with Crippen LogP contribution in [0.25, 0.3) is 5.82 Å². The number of amides is 1. The number of carbonyl (C=O) groups excluding carboxylic acids is 1. The first-order valence-electron chi connectivity index (χ1n) is 6.94. The van der Waals surface area contributed by atoms with Crippen molar-refractivity contribution in [3.8, 4) is 5.82 Å². The third-order valence-corrected chi connectivity index (χ3v) is 3.41. The number of halogens is 2. The van der Waals surface area contributed by atoms with E-state index < -0.39 is 0 Å². The van der Waals surface area contributed by atoms with Crippen molar-refractivity contribution in [2.45, 2.75) is 6.42 Å². The highest BCUT2D eigenvalue weighted by Crippen LogP contribution is 2.06. The van der Waals surface area contributed by atoms with Crippen LogP contribution in [0.4, 0.5) is 0 Å². The van der Waals surface area contributed by atoms with Gasteiger partial charge in [-0.05, 0) is 25.1 Å². The summed E-state index contributed by atoms with van der Waals surface area (Å²) in [6, 6.07) is 3.58. The van der Waals surface area contributed by atoms with Crippen LogP contribution in [0, 0.1) is 0 Å². The first kappa shape index (κ1) is 19.2. The van der Waals surface area contributed by atoms with Crippen molar-refractivity contribution in [3.05, 3.63) is 54.3 Å². The van der Waals surface area contributed by atoms with Crippen molar-refractivity contribution < 1.29 is 4.79 Å². The summed E-state index contributed by atoms with van der Waals surface area (Å²) in [5.74, 6) is 0.643. The molecule has 2 N–H and O–H groups in total. The SMILES string of the molecule is Cl.Cl.O=C(NCC1=CCNCC1)c1ccc(-n2ccnc2)nc1. The van der Waals surface area contributed by atoms with Gasteiger partial charge in [0.1, 0.15) is 12.1 Å². The topological polar surface area (TPSA) is 71.8 Å². The lowest BCUT2D eigenvalue weighted by Crippen LogP contribution is -2.29. The maximum Gasteiger partial charge on any atom is 0.253 e. The summed E-state index contributed by atoms with van der Waals surface area (Å²) in [5.41, 5.74) is 1.83. The highest BCUT2D eigenvalue weighted by atomic mass is 35.5. The number of rotatable bonds is 4. The molecule has 0 bridgehead atoms. The minimum atomic E-state index is -0.0980. The van der Waals surface area contributed by atoms with Crippen molar-refractivity contribution in [2.24, 2.45) is 0 Å². The molecule has 23 heavy (non-hydrogen) atoms. The Bertz CT molecular complexity index is 640. The van der Waals surface area contributed by atoms with E-state index in [0.717, 1.165) is 25.3 Å². The Kier molecular flexibility index (Phi) is 7.74. The van der Waals surface area contributed by atoms with E-state index in [1.54, 1.807) is 35.4 Å². The van der Waals surface area contributed by atoms with Gasteiger partial charge in [-0.3, -0.25) is 9.36 Å². The standard InChI is InChI=1S/C15H17N5O.2ClH/c21-15(19-9-12-3-5-16-6-4-12)13-1-2-14(18-10-13)20-8-7-17-11-20;;/h1-3,7-8,10-11,16H,4-6,9H2,(H,19,21);2*1H. The number of aromatic nitrogens is 3. The van der Waals surface area contributed by atoms with Gasteiger partial charge in [0, 0.05) is 31.7 Å². The van der Waals surface area contributed by atoms with Crippen LogP contribution in [0.3, 0.4) is 0 Å². The Morgan fingerprint density at radius 3 is 2.83 bits per heavy atom. The number of hydrogen-bond donors (Lipinski definition) is 2. The lowest BCUT2D eigenvalue weighted by Gasteiger charge is -2.14. The molecule has 2 aromatic rings. The average Bonchev–Trinajstić information content (AvgIpc) is 3.08. The zero-order valence-electron chi connectivity index (χ0n) is 12.4. The molecule has 1 aliphatic rings. The fourth-order valence-corrected chi connectivity index (χ4v) is 2.19. The number of nitrogens with zero attached hydrogens (tertiary/aromatic N) is 3. The van der Waals surface area contributed by atoms with Crippen LogP contribution in [0.5, 0.6) is 0 Å². The molecule has 2 aromatic heterocycles. The Balaban J connectivity index is 0.00000132. The average molecular weight is 356 g/mol. The van der Waals surface area contributed by atoms with E-state index in [4.69, 9.17) is 0 Å². The van der Waals surface area contributed by atoms with Crippen LogP contribution in [0.1, 0.15) is 16.8 Å². The van der Waals surface area contributed by atoms with Crippen LogP contribution in [-0.4, -0.2) is 40.1 Å². The molecule has 0 fully saturated rings. The Hall–Kier alpha value is -1.89. The van der Waals surface area contributed by atoms with Crippen molar-refractivity contribution >= 4 is 30.7 Å². The summed E-state index contributed by atoms with van der Waals surface area (Å²) in [6.45, 7) is 2.46. The number of hydrogen-bond acceptors (Lipinski definition) is 4. The first-order chi connectivity index (χ1) is 10.3. The van der Waals surface area contributed by atoms with E-state index >= 15 is 0 Å². The van der Waals surface area contributed by atoms with Gasteiger partial charge in [0.15, 0.2) is 0 Å². The molecule has 1 amide bonds. The van der Waals surface area contributed by atoms with Gasteiger partial charge in [-0.2, -0.15) is 0 Å². The molecule has 0 saturated heterocycles. The van der Waals surface area contributed by atoms with E-state index in [1.165, 1.54) is 5.57 Å². The lowest BCUT2D eigenvalue weighted by molar-refractivity contribution is 0.0956. The van der Waals surface area contributed by atoms with Gasteiger partial charge in [-0.1, -0.05) is 11.6 Å². The van der Waals surface area contributed by atoms with Crippen LogP contribution in [0.15, 0.2) is 48.7 Å². The van der Waals surface area contributed by atoms with E-state index in [-0.39, 0.29) is 30.7 Å². The minimum Gasteiger partial charge on any atom is -0.348 e. The summed E-state index contributed by atoms with van der Waals surface area (Å²) in [5, 5.41) is 6.18. The molecule has 6 nitrogen and oxygen atoms in total. The molecule has 3 heterocycles. The summed E-state index contributed by atoms with van der Waals surface area (Å²) < 4.78 is 1.79. The molecular weight excluding hydrogens is 337 g/mol. The summed E-state index contributed by atoms with van der Waals surface area (Å²) in [4.78, 5) is 20.3. The van der Waals surface area contributed by atoms with Gasteiger partial charge in [0.05, 0.1) is 5.56 Å². The van der Waals surface area contributed by atoms with E-state index in [2.05, 4.69) is 26.7 Å². The monoisotopic (exact) mass is 355 g/mol. The van der Waals surface area contributed by atoms with Gasteiger partial charge < -0.3 is 10.6 Å². The molecule has 8 heteroatoms. The molecule has 0 radical (unpaired) electrons. The fourth-order valence-electron chi connectivity index (χ4n) is 2.19. The van der Waals surface area contributed by atoms with E-state index in [0.29, 0.717) is 12.1 Å². The van der Waals surface area contributed by atoms with Crippen LogP contribution in [-0.2, 0) is 0 Å². The molecule has 0 saturated carbocycles. The molecule has 0 aromatic carbocycles. The first-order valence-corrected chi connectivity index (χ1v) is 6.94. The van der Waals surface area contributed by atoms with Gasteiger partial charge >= 0.3 is 0 Å². The van der Waals surface area contributed by atoms with Crippen molar-refractivity contribution in [1.82, 2.24) is 25.2 Å². The summed E-state index contributed by atoms with van der Waals surface area (Å²) >= 11 is 0. The van der Waals surface area contributed by atoms with Crippen LogP contribution < -0.4 is 10.6 Å². The highest BCUT2D eigenvalue weighted by molar-refractivity contribution is 5.94. The third-order valence-electron chi connectivity index (χ3n) is 3.41. The minimum absolute atomic E-state index is 0. The normalized spacial score (nSPS) is 13.3.